The van der Waals surface area contributed by atoms with E-state index in [4.69, 9.17) is 4.74 Å². The molecule has 3 fully saturated rings. The predicted octanol–water partition coefficient (Wildman–Crippen LogP) is 6.52. The molecule has 2 N–H and O–H groups in total. The summed E-state index contributed by atoms with van der Waals surface area (Å²) in [6, 6.07) is 0. The van der Waals surface area contributed by atoms with Gasteiger partial charge in [0, 0.05) is 13.7 Å². The minimum absolute atomic E-state index is 0.316. The molecule has 0 aliphatic heterocycles. The van der Waals surface area contributed by atoms with E-state index in [9.17, 15) is 10.2 Å². The molecule has 4 rings (SSSR count). The second kappa shape index (κ2) is 8.68. The van der Waals surface area contributed by atoms with Gasteiger partial charge in [0.2, 0.25) is 0 Å². The van der Waals surface area contributed by atoms with Crippen LogP contribution >= 0.6 is 0 Å². The Kier molecular flexibility index (Phi) is 6.71. The average molecular weight is 447 g/mol. The van der Waals surface area contributed by atoms with E-state index in [2.05, 4.69) is 26.8 Å². The van der Waals surface area contributed by atoms with Crippen LogP contribution in [-0.4, -0.2) is 35.1 Å². The lowest BCUT2D eigenvalue weighted by Gasteiger charge is -2.59. The van der Waals surface area contributed by atoms with Crippen molar-refractivity contribution in [2.75, 3.05) is 13.7 Å². The lowest BCUT2D eigenvalue weighted by molar-refractivity contribution is -0.0717. The highest BCUT2D eigenvalue weighted by atomic mass is 16.5. The molecule has 184 valence electrons. The Hall–Kier alpha value is -0.380. The first-order valence-electron chi connectivity index (χ1n) is 13.6. The average Bonchev–Trinajstić information content (AvgIpc) is 3.08. The van der Waals surface area contributed by atoms with E-state index in [1.54, 1.807) is 12.7 Å². The van der Waals surface area contributed by atoms with Gasteiger partial charge in [0.05, 0.1) is 11.2 Å². The van der Waals surface area contributed by atoms with Crippen LogP contribution in [0.2, 0.25) is 0 Å². The fourth-order valence-corrected chi connectivity index (χ4v) is 8.97. The van der Waals surface area contributed by atoms with Crippen molar-refractivity contribution >= 4 is 0 Å². The second-order valence-electron chi connectivity index (χ2n) is 13.4. The van der Waals surface area contributed by atoms with Gasteiger partial charge in [-0.25, -0.2) is 0 Å². The van der Waals surface area contributed by atoms with Crippen molar-refractivity contribution in [2.24, 2.45) is 40.4 Å². The maximum atomic E-state index is 10.8. The highest BCUT2D eigenvalue weighted by molar-refractivity contribution is 5.26. The molecule has 4 aliphatic carbocycles. The van der Waals surface area contributed by atoms with E-state index >= 15 is 0 Å². The topological polar surface area (TPSA) is 49.7 Å². The van der Waals surface area contributed by atoms with Crippen LogP contribution in [0.25, 0.3) is 0 Å². The van der Waals surface area contributed by atoms with Gasteiger partial charge in [0.1, 0.15) is 0 Å². The molecule has 0 saturated heterocycles. The van der Waals surface area contributed by atoms with Gasteiger partial charge in [-0.2, -0.15) is 0 Å². The zero-order chi connectivity index (χ0) is 23.4. The Labute approximate surface area is 197 Å². The Morgan fingerprint density at radius 2 is 1.84 bits per heavy atom. The van der Waals surface area contributed by atoms with E-state index in [0.717, 1.165) is 62.2 Å². The minimum atomic E-state index is -0.609. The highest BCUT2D eigenvalue weighted by Gasteiger charge is 2.59. The van der Waals surface area contributed by atoms with Crippen molar-refractivity contribution in [1.29, 1.82) is 0 Å². The van der Waals surface area contributed by atoms with Gasteiger partial charge in [-0.1, -0.05) is 32.4 Å². The molecule has 0 aromatic rings. The van der Waals surface area contributed by atoms with Gasteiger partial charge in [0.15, 0.2) is 0 Å². The third-order valence-electron chi connectivity index (χ3n) is 11.1. The summed E-state index contributed by atoms with van der Waals surface area (Å²) in [4.78, 5) is 0. The second-order valence-corrected chi connectivity index (χ2v) is 13.4. The summed E-state index contributed by atoms with van der Waals surface area (Å²) >= 11 is 0. The molecule has 0 spiro atoms. The Bertz CT molecular complexity index is 709. The van der Waals surface area contributed by atoms with Crippen LogP contribution in [0.15, 0.2) is 11.6 Å². The minimum Gasteiger partial charge on any atom is -0.390 e. The molecule has 3 heteroatoms. The van der Waals surface area contributed by atoms with Crippen LogP contribution in [0.1, 0.15) is 105 Å². The lowest BCUT2D eigenvalue weighted by Crippen LogP contribution is -2.52. The molecule has 3 saturated carbocycles. The van der Waals surface area contributed by atoms with E-state index in [1.807, 2.05) is 13.8 Å². The predicted molar refractivity (Wildman–Crippen MR) is 131 cm³/mol. The van der Waals surface area contributed by atoms with Gasteiger partial charge >= 0.3 is 0 Å². The van der Waals surface area contributed by atoms with E-state index in [1.165, 1.54) is 32.1 Å². The third-order valence-corrected chi connectivity index (χ3v) is 11.1. The molecule has 32 heavy (non-hydrogen) atoms. The smallest absolute Gasteiger partial charge is 0.0657 e. The number of aliphatic hydroxyl groups is 2. The van der Waals surface area contributed by atoms with Gasteiger partial charge < -0.3 is 14.9 Å². The van der Waals surface area contributed by atoms with E-state index in [0.29, 0.717) is 23.4 Å². The standard InChI is InChI=1S/C29H50O3/c1-20(11-13-26(2,30)17-18-32-6)23-9-10-24-22-8-7-21-19-27(3,31)15-16-28(21,4)25(22)12-14-29(23,24)5/h7,20,22-25,30-31H,8-19H2,1-6H3/t20?,22-,23+,24-,25-,26?,27-,28-,29+/m0/s1. The summed E-state index contributed by atoms with van der Waals surface area (Å²) < 4.78 is 5.20. The summed E-state index contributed by atoms with van der Waals surface area (Å²) in [5.41, 5.74) is 1.23. The van der Waals surface area contributed by atoms with Gasteiger partial charge in [-0.3, -0.25) is 0 Å². The molecule has 0 radical (unpaired) electrons. The first kappa shape index (κ1) is 24.7. The Morgan fingerprint density at radius 1 is 1.09 bits per heavy atom. The highest BCUT2D eigenvalue weighted by Crippen LogP contribution is 2.67. The molecule has 0 aromatic heterocycles. The van der Waals surface area contributed by atoms with E-state index in [-0.39, 0.29) is 0 Å². The zero-order valence-electron chi connectivity index (χ0n) is 21.8. The summed E-state index contributed by atoms with van der Waals surface area (Å²) in [6.45, 7) is 12.3. The van der Waals surface area contributed by atoms with Crippen LogP contribution in [0.4, 0.5) is 0 Å². The fourth-order valence-electron chi connectivity index (χ4n) is 8.97. The van der Waals surface area contributed by atoms with Gasteiger partial charge in [-0.05, 0) is 125 Å². The summed E-state index contributed by atoms with van der Waals surface area (Å²) in [7, 11) is 1.72. The number of fused-ring (bicyclic) bond motifs is 5. The number of hydrogen-bond acceptors (Lipinski definition) is 3. The van der Waals surface area contributed by atoms with Crippen molar-refractivity contribution in [3.63, 3.8) is 0 Å². The summed E-state index contributed by atoms with van der Waals surface area (Å²) in [6.07, 6.45) is 15.0. The molecular weight excluding hydrogens is 396 g/mol. The molecule has 3 nitrogen and oxygen atoms in total. The molecule has 0 heterocycles. The Balaban J connectivity index is 1.45. The van der Waals surface area contributed by atoms with Gasteiger partial charge in [-0.15, -0.1) is 0 Å². The number of hydrogen-bond donors (Lipinski definition) is 2. The van der Waals surface area contributed by atoms with Crippen LogP contribution < -0.4 is 0 Å². The normalized spacial score (nSPS) is 46.4. The number of methoxy groups -OCH3 is 1. The number of rotatable bonds is 7. The maximum Gasteiger partial charge on any atom is 0.0657 e. The third kappa shape index (κ3) is 4.36. The van der Waals surface area contributed by atoms with Crippen molar-refractivity contribution in [1.82, 2.24) is 0 Å². The van der Waals surface area contributed by atoms with Crippen LogP contribution in [0.3, 0.4) is 0 Å². The first-order valence-corrected chi connectivity index (χ1v) is 13.6. The van der Waals surface area contributed by atoms with Crippen molar-refractivity contribution in [3.8, 4) is 0 Å². The van der Waals surface area contributed by atoms with E-state index < -0.39 is 11.2 Å². The maximum absolute atomic E-state index is 10.8. The zero-order valence-corrected chi connectivity index (χ0v) is 21.8. The van der Waals surface area contributed by atoms with Crippen molar-refractivity contribution in [2.45, 2.75) is 116 Å². The van der Waals surface area contributed by atoms with Gasteiger partial charge in [0.25, 0.3) is 0 Å². The quantitative estimate of drug-likeness (QED) is 0.438. The molecule has 2 unspecified atom stereocenters. The molecule has 9 atom stereocenters. The lowest BCUT2D eigenvalue weighted by atomic mass is 9.46. The fraction of sp³-hybridized carbons (Fsp3) is 0.931. The monoisotopic (exact) mass is 446 g/mol. The SMILES string of the molecule is COCCC(C)(O)CCC(C)[C@H]1CC[C@H]2[C@@H]3CC=C4C[C@@](C)(O)CC[C@]4(C)[C@H]3CC[C@]12C. The Morgan fingerprint density at radius 3 is 2.56 bits per heavy atom. The van der Waals surface area contributed by atoms with Crippen molar-refractivity contribution < 1.29 is 14.9 Å². The molecule has 0 bridgehead atoms. The molecular formula is C29H50O3. The molecule has 4 aliphatic rings. The largest absolute Gasteiger partial charge is 0.390 e. The molecule has 0 amide bonds. The van der Waals surface area contributed by atoms with Crippen LogP contribution in [-0.2, 0) is 4.74 Å². The van der Waals surface area contributed by atoms with Crippen LogP contribution in [0.5, 0.6) is 0 Å². The number of allylic oxidation sites excluding steroid dienone is 1. The summed E-state index contributed by atoms with van der Waals surface area (Å²) in [5.74, 6) is 3.94. The first-order chi connectivity index (χ1) is 14.9. The van der Waals surface area contributed by atoms with Crippen LogP contribution in [0, 0.1) is 40.4 Å². The summed E-state index contributed by atoms with van der Waals surface area (Å²) in [5, 5.41) is 21.5. The molecule has 0 aromatic carbocycles. The van der Waals surface area contributed by atoms with Crippen molar-refractivity contribution in [3.05, 3.63) is 11.6 Å². The number of ether oxygens (including phenoxy) is 1.